The molecule has 3 heterocycles. The van der Waals surface area contributed by atoms with Gasteiger partial charge in [0.2, 0.25) is 16.0 Å². The molecule has 214 valence electrons. The molecule has 0 bridgehead atoms. The van der Waals surface area contributed by atoms with Crippen LogP contribution in [-0.4, -0.2) is 59.1 Å². The molecule has 2 aromatic carbocycles. The van der Waals surface area contributed by atoms with Crippen molar-refractivity contribution in [2.75, 3.05) is 18.4 Å². The standard InChI is InChI=1S/C30H34N6O4S/c1-30(2,3)40-29(37)36-17-14-24(15-18-36)35-41(38,39)25-11-9-23(10-12-25)34-28-32-19-21(20-33-28)7-8-22-5-4-6-27-26(22)13-16-31-27/h4-13,16,19-20,24,31,35H,14-15,17-18H2,1-3H3,(H,32,33,34). The minimum Gasteiger partial charge on any atom is -0.444 e. The van der Waals surface area contributed by atoms with Gasteiger partial charge in [0.25, 0.3) is 0 Å². The number of aromatic nitrogens is 3. The third-order valence-electron chi connectivity index (χ3n) is 6.65. The van der Waals surface area contributed by atoms with Crippen molar-refractivity contribution < 1.29 is 17.9 Å². The molecular weight excluding hydrogens is 540 g/mol. The molecule has 4 aromatic rings. The van der Waals surface area contributed by atoms with Gasteiger partial charge in [0.1, 0.15) is 5.60 Å². The number of likely N-dealkylation sites (tertiary alicyclic amines) is 1. The fourth-order valence-electron chi connectivity index (χ4n) is 4.57. The molecule has 1 aliphatic heterocycles. The van der Waals surface area contributed by atoms with E-state index in [4.69, 9.17) is 4.74 Å². The van der Waals surface area contributed by atoms with Gasteiger partial charge in [-0.25, -0.2) is 27.9 Å². The fraction of sp³-hybridized carbons (Fsp3) is 0.300. The molecule has 1 fully saturated rings. The van der Waals surface area contributed by atoms with Crippen molar-refractivity contribution in [3.8, 4) is 0 Å². The Labute approximate surface area is 239 Å². The van der Waals surface area contributed by atoms with Crippen LogP contribution in [0.4, 0.5) is 16.4 Å². The number of hydrogen-bond acceptors (Lipinski definition) is 7. The Balaban J connectivity index is 1.14. The van der Waals surface area contributed by atoms with Crippen LogP contribution in [0.25, 0.3) is 23.1 Å². The monoisotopic (exact) mass is 574 g/mol. The van der Waals surface area contributed by atoms with Gasteiger partial charge < -0.3 is 19.9 Å². The van der Waals surface area contributed by atoms with Gasteiger partial charge in [-0.05, 0) is 75.6 Å². The molecule has 10 nitrogen and oxygen atoms in total. The molecule has 1 amide bonds. The minimum absolute atomic E-state index is 0.163. The number of nitrogens with zero attached hydrogens (tertiary/aromatic N) is 3. The molecule has 11 heteroatoms. The minimum atomic E-state index is -3.71. The zero-order valence-electron chi connectivity index (χ0n) is 23.3. The number of H-pyrrole nitrogens is 1. The van der Waals surface area contributed by atoms with E-state index < -0.39 is 15.6 Å². The lowest BCUT2D eigenvalue weighted by Crippen LogP contribution is -2.47. The van der Waals surface area contributed by atoms with E-state index in [9.17, 15) is 13.2 Å². The first-order valence-corrected chi connectivity index (χ1v) is 15.0. The van der Waals surface area contributed by atoms with E-state index >= 15 is 0 Å². The number of sulfonamides is 1. The third-order valence-corrected chi connectivity index (χ3v) is 8.18. The van der Waals surface area contributed by atoms with Gasteiger partial charge in [0.05, 0.1) is 4.90 Å². The lowest BCUT2D eigenvalue weighted by molar-refractivity contribution is 0.0203. The summed E-state index contributed by atoms with van der Waals surface area (Å²) in [6.45, 7) is 6.33. The molecule has 1 saturated heterocycles. The maximum Gasteiger partial charge on any atom is 0.410 e. The van der Waals surface area contributed by atoms with Crippen LogP contribution in [0.5, 0.6) is 0 Å². The molecule has 5 rings (SSSR count). The van der Waals surface area contributed by atoms with Crippen LogP contribution in [0, 0.1) is 0 Å². The molecule has 0 unspecified atom stereocenters. The number of nitrogens with one attached hydrogen (secondary N) is 3. The largest absolute Gasteiger partial charge is 0.444 e. The maximum atomic E-state index is 13.0. The predicted molar refractivity (Wildman–Crippen MR) is 160 cm³/mol. The Kier molecular flexibility index (Phi) is 8.09. The predicted octanol–water partition coefficient (Wildman–Crippen LogP) is 5.55. The van der Waals surface area contributed by atoms with E-state index in [1.54, 1.807) is 41.6 Å². The van der Waals surface area contributed by atoms with E-state index in [0.29, 0.717) is 37.6 Å². The lowest BCUT2D eigenvalue weighted by Gasteiger charge is -2.33. The molecule has 1 aliphatic rings. The van der Waals surface area contributed by atoms with Crippen LogP contribution < -0.4 is 10.0 Å². The average Bonchev–Trinajstić information content (AvgIpc) is 3.42. The summed E-state index contributed by atoms with van der Waals surface area (Å²) in [5.41, 5.74) is 3.13. The number of amides is 1. The van der Waals surface area contributed by atoms with Gasteiger partial charge in [0, 0.05) is 59.9 Å². The summed E-state index contributed by atoms with van der Waals surface area (Å²) in [6.07, 6.45) is 10.0. The molecular formula is C30H34N6O4S. The highest BCUT2D eigenvalue weighted by atomic mass is 32.2. The van der Waals surface area contributed by atoms with Gasteiger partial charge in [-0.2, -0.15) is 0 Å². The normalized spacial score (nSPS) is 15.0. The highest BCUT2D eigenvalue weighted by molar-refractivity contribution is 7.89. The van der Waals surface area contributed by atoms with Crippen LogP contribution in [0.1, 0.15) is 44.7 Å². The summed E-state index contributed by atoms with van der Waals surface area (Å²) in [5.74, 6) is 0.403. The number of benzene rings is 2. The maximum absolute atomic E-state index is 13.0. The Morgan fingerprint density at radius 2 is 1.73 bits per heavy atom. The number of anilines is 2. The number of ether oxygens (including phenoxy) is 1. The van der Waals surface area contributed by atoms with Crippen molar-refractivity contribution in [3.63, 3.8) is 0 Å². The second kappa shape index (κ2) is 11.7. The Morgan fingerprint density at radius 1 is 1.02 bits per heavy atom. The van der Waals surface area contributed by atoms with Crippen molar-refractivity contribution in [1.82, 2.24) is 24.6 Å². The van der Waals surface area contributed by atoms with Crippen LogP contribution in [-0.2, 0) is 14.8 Å². The van der Waals surface area contributed by atoms with Crippen molar-refractivity contribution >= 4 is 50.8 Å². The zero-order chi connectivity index (χ0) is 29.0. The summed E-state index contributed by atoms with van der Waals surface area (Å²) >= 11 is 0. The molecule has 41 heavy (non-hydrogen) atoms. The molecule has 0 saturated carbocycles. The first-order valence-electron chi connectivity index (χ1n) is 13.5. The molecule has 0 aliphatic carbocycles. The number of aromatic amines is 1. The molecule has 3 N–H and O–H groups in total. The van der Waals surface area contributed by atoms with E-state index in [1.165, 1.54) is 0 Å². The van der Waals surface area contributed by atoms with Gasteiger partial charge in [-0.15, -0.1) is 0 Å². The zero-order valence-corrected chi connectivity index (χ0v) is 24.1. The Morgan fingerprint density at radius 3 is 2.41 bits per heavy atom. The number of fused-ring (bicyclic) bond motifs is 1. The second-order valence-electron chi connectivity index (χ2n) is 11.0. The van der Waals surface area contributed by atoms with Gasteiger partial charge in [0.15, 0.2) is 0 Å². The van der Waals surface area contributed by atoms with Crippen LogP contribution in [0.15, 0.2) is 72.0 Å². The first kappa shape index (κ1) is 28.3. The number of piperidine rings is 1. The SMILES string of the molecule is CC(C)(C)OC(=O)N1CCC(NS(=O)(=O)c2ccc(Nc3ncc(C=Cc4cccc5[nH]ccc45)cn3)cc2)CC1. The second-order valence-corrected chi connectivity index (χ2v) is 12.7. The van der Waals surface area contributed by atoms with E-state index in [-0.39, 0.29) is 17.0 Å². The molecule has 0 radical (unpaired) electrons. The van der Waals surface area contributed by atoms with Crippen molar-refractivity contribution in [3.05, 3.63) is 78.2 Å². The number of carbonyl (C=O) groups excluding carboxylic acids is 1. The Bertz CT molecular complexity index is 1630. The smallest absolute Gasteiger partial charge is 0.410 e. The summed E-state index contributed by atoms with van der Waals surface area (Å²) in [6, 6.07) is 14.3. The van der Waals surface area contributed by atoms with Gasteiger partial charge in [-0.1, -0.05) is 24.3 Å². The highest BCUT2D eigenvalue weighted by Gasteiger charge is 2.29. The van der Waals surface area contributed by atoms with Crippen molar-refractivity contribution in [1.29, 1.82) is 0 Å². The molecule has 2 aromatic heterocycles. The number of rotatable bonds is 7. The fourth-order valence-corrected chi connectivity index (χ4v) is 5.88. The number of hydrogen-bond donors (Lipinski definition) is 3. The van der Waals surface area contributed by atoms with Gasteiger partial charge in [-0.3, -0.25) is 0 Å². The third kappa shape index (κ3) is 7.30. The first-order chi connectivity index (χ1) is 19.6. The van der Waals surface area contributed by atoms with Crippen LogP contribution in [0.3, 0.4) is 0 Å². The summed E-state index contributed by atoms with van der Waals surface area (Å²) in [5, 5.41) is 4.25. The lowest BCUT2D eigenvalue weighted by atomic mass is 10.1. The topological polar surface area (TPSA) is 129 Å². The summed E-state index contributed by atoms with van der Waals surface area (Å²) in [4.78, 5) is 26.0. The number of carbonyl (C=O) groups is 1. The van der Waals surface area contributed by atoms with E-state index in [2.05, 4.69) is 31.1 Å². The van der Waals surface area contributed by atoms with Crippen molar-refractivity contribution in [2.45, 2.75) is 50.2 Å². The van der Waals surface area contributed by atoms with E-state index in [1.807, 2.05) is 57.3 Å². The summed E-state index contributed by atoms with van der Waals surface area (Å²) in [7, 11) is -3.71. The van der Waals surface area contributed by atoms with Crippen LogP contribution in [0.2, 0.25) is 0 Å². The highest BCUT2D eigenvalue weighted by Crippen LogP contribution is 2.22. The summed E-state index contributed by atoms with van der Waals surface area (Å²) < 4.78 is 34.1. The van der Waals surface area contributed by atoms with Crippen molar-refractivity contribution in [2.24, 2.45) is 0 Å². The van der Waals surface area contributed by atoms with E-state index in [0.717, 1.165) is 22.0 Å². The van der Waals surface area contributed by atoms with Gasteiger partial charge >= 0.3 is 6.09 Å². The van der Waals surface area contributed by atoms with Crippen LogP contribution >= 0.6 is 0 Å². The Hall–Kier alpha value is -4.22. The molecule has 0 atom stereocenters. The molecule has 0 spiro atoms. The quantitative estimate of drug-likeness (QED) is 0.264. The average molecular weight is 575 g/mol.